The number of carbonyl (C=O) groups excluding carboxylic acids is 1. The number of hydrogen-bond donors (Lipinski definition) is 1. The van der Waals surface area contributed by atoms with E-state index in [-0.39, 0.29) is 13.0 Å². The van der Waals surface area contributed by atoms with Gasteiger partial charge < -0.3 is 9.84 Å². The molecule has 1 N–H and O–H groups in total. The fourth-order valence-corrected chi connectivity index (χ4v) is 2.64. The zero-order valence-electron chi connectivity index (χ0n) is 13.7. The molecule has 1 unspecified atom stereocenters. The van der Waals surface area contributed by atoms with Gasteiger partial charge in [0, 0.05) is 6.42 Å². The summed E-state index contributed by atoms with van der Waals surface area (Å²) in [6.07, 6.45) is -0.853. The van der Waals surface area contributed by atoms with Gasteiger partial charge in [0.05, 0.1) is 6.61 Å². The lowest BCUT2D eigenvalue weighted by Crippen LogP contribution is -2.25. The zero-order chi connectivity index (χ0) is 16.3. The lowest BCUT2D eigenvalue weighted by atomic mass is 10.00. The van der Waals surface area contributed by atoms with E-state index in [2.05, 4.69) is 45.0 Å². The predicted molar refractivity (Wildman–Crippen MR) is 88.2 cm³/mol. The Bertz CT molecular complexity index is 631. The molecule has 2 aliphatic rings. The van der Waals surface area contributed by atoms with Crippen LogP contribution in [0.15, 0.2) is 30.3 Å². The van der Waals surface area contributed by atoms with Gasteiger partial charge in [-0.25, -0.2) is 4.79 Å². The van der Waals surface area contributed by atoms with Gasteiger partial charge >= 0.3 is 5.97 Å². The van der Waals surface area contributed by atoms with Crippen molar-refractivity contribution in [1.82, 2.24) is 0 Å². The van der Waals surface area contributed by atoms with Crippen LogP contribution in [0.3, 0.4) is 0 Å². The van der Waals surface area contributed by atoms with Crippen molar-refractivity contribution in [2.24, 2.45) is 0 Å². The summed E-state index contributed by atoms with van der Waals surface area (Å²) in [4.78, 5) is 11.7. The molecule has 3 nitrogen and oxygen atoms in total. The van der Waals surface area contributed by atoms with Gasteiger partial charge in [0.2, 0.25) is 0 Å². The van der Waals surface area contributed by atoms with Crippen molar-refractivity contribution in [3.63, 3.8) is 0 Å². The monoisotopic (exact) mass is 300 g/mol. The van der Waals surface area contributed by atoms with Crippen LogP contribution >= 0.6 is 0 Å². The number of hydrogen-bond acceptors (Lipinski definition) is 3. The Hall–Kier alpha value is -1.87. The third-order valence-corrected chi connectivity index (χ3v) is 3.99. The van der Waals surface area contributed by atoms with Crippen LogP contribution in [0, 0.1) is 6.92 Å². The minimum atomic E-state index is -1.12. The van der Waals surface area contributed by atoms with E-state index in [4.69, 9.17) is 4.74 Å². The van der Waals surface area contributed by atoms with Crippen LogP contribution in [0.25, 0.3) is 11.1 Å². The molecular weight excluding hydrogens is 276 g/mol. The molecule has 0 saturated carbocycles. The van der Waals surface area contributed by atoms with Crippen molar-refractivity contribution < 1.29 is 14.6 Å². The summed E-state index contributed by atoms with van der Waals surface area (Å²) < 4.78 is 4.89. The van der Waals surface area contributed by atoms with E-state index in [0.717, 1.165) is 11.1 Å². The smallest absolute Gasteiger partial charge is 0.335 e. The second kappa shape index (κ2) is 6.93. The number of rotatable bonds is 5. The topological polar surface area (TPSA) is 46.5 Å². The van der Waals surface area contributed by atoms with Crippen molar-refractivity contribution in [3.8, 4) is 11.1 Å². The maximum Gasteiger partial charge on any atom is 0.335 e. The largest absolute Gasteiger partial charge is 0.464 e. The Morgan fingerprint density at radius 3 is 2.55 bits per heavy atom. The molecule has 0 bridgehead atoms. The molecule has 1 atom stereocenters. The summed E-state index contributed by atoms with van der Waals surface area (Å²) in [6.45, 7) is 8.42. The standard InChI is InChI=1S/C19H24O3/c1-5-22-19(21)18(20)11-15-8-7-14(12(2)3)10-17-13(4)6-9-16(15)17/h6-10,12,18,20H,5,11H2,1-4H3. The normalized spacial score (nSPS) is 12.6. The first-order chi connectivity index (χ1) is 10.4. The fraction of sp³-hybridized carbons (Fsp3) is 0.421. The molecule has 0 aromatic rings. The van der Waals surface area contributed by atoms with Crippen LogP contribution in [0.2, 0.25) is 0 Å². The maximum absolute atomic E-state index is 11.7. The first-order valence-electron chi connectivity index (χ1n) is 7.80. The van der Waals surface area contributed by atoms with Gasteiger partial charge in [0.1, 0.15) is 0 Å². The molecule has 22 heavy (non-hydrogen) atoms. The number of fused-ring (bicyclic) bond motifs is 1. The van der Waals surface area contributed by atoms with Crippen LogP contribution < -0.4 is 0 Å². The maximum atomic E-state index is 11.7. The molecule has 0 aromatic carbocycles. The Kier molecular flexibility index (Phi) is 5.19. The number of carbonyl (C=O) groups is 1. The van der Waals surface area contributed by atoms with Gasteiger partial charge in [0.25, 0.3) is 0 Å². The molecule has 2 aliphatic carbocycles. The van der Waals surface area contributed by atoms with Gasteiger partial charge in [-0.2, -0.15) is 0 Å². The quantitative estimate of drug-likeness (QED) is 0.857. The highest BCUT2D eigenvalue weighted by Gasteiger charge is 2.20. The van der Waals surface area contributed by atoms with Gasteiger partial charge in [-0.1, -0.05) is 44.2 Å². The summed E-state index contributed by atoms with van der Waals surface area (Å²) in [5.74, 6) is -0.137. The summed E-state index contributed by atoms with van der Waals surface area (Å²) in [5, 5.41) is 10.1. The van der Waals surface area contributed by atoms with Crippen molar-refractivity contribution in [2.75, 3.05) is 6.61 Å². The van der Waals surface area contributed by atoms with Crippen LogP contribution in [0.5, 0.6) is 0 Å². The van der Waals surface area contributed by atoms with Gasteiger partial charge in [0.15, 0.2) is 6.10 Å². The molecule has 0 radical (unpaired) electrons. The number of aryl methyl sites for hydroxylation is 1. The Morgan fingerprint density at radius 2 is 1.91 bits per heavy atom. The molecule has 2 rings (SSSR count). The molecule has 0 spiro atoms. The van der Waals surface area contributed by atoms with Gasteiger partial charge in [-0.15, -0.1) is 0 Å². The molecule has 0 fully saturated rings. The third kappa shape index (κ3) is 3.47. The van der Waals surface area contributed by atoms with Gasteiger partial charge in [-0.3, -0.25) is 0 Å². The number of ether oxygens (including phenoxy) is 1. The highest BCUT2D eigenvalue weighted by Crippen LogP contribution is 2.33. The molecule has 0 aromatic heterocycles. The first-order valence-corrected chi connectivity index (χ1v) is 7.80. The van der Waals surface area contributed by atoms with E-state index in [1.807, 2.05) is 6.07 Å². The summed E-state index contributed by atoms with van der Waals surface area (Å²) in [6, 6.07) is 10.4. The third-order valence-electron chi connectivity index (χ3n) is 3.99. The number of esters is 1. The second-order valence-corrected chi connectivity index (χ2v) is 5.97. The second-order valence-electron chi connectivity index (χ2n) is 5.97. The summed E-state index contributed by atoms with van der Waals surface area (Å²) >= 11 is 0. The minimum absolute atomic E-state index is 0.269. The van der Waals surface area contributed by atoms with E-state index in [0.29, 0.717) is 5.92 Å². The number of aliphatic hydroxyl groups excluding tert-OH is 1. The molecule has 0 aliphatic heterocycles. The van der Waals surface area contributed by atoms with Crippen molar-refractivity contribution >= 4 is 5.97 Å². The van der Waals surface area contributed by atoms with Crippen molar-refractivity contribution in [1.29, 1.82) is 0 Å². The fourth-order valence-electron chi connectivity index (χ4n) is 2.64. The minimum Gasteiger partial charge on any atom is -0.464 e. The highest BCUT2D eigenvalue weighted by molar-refractivity contribution is 5.77. The predicted octanol–water partition coefficient (Wildman–Crippen LogP) is 3.69. The van der Waals surface area contributed by atoms with E-state index in [1.54, 1.807) is 6.92 Å². The summed E-state index contributed by atoms with van der Waals surface area (Å²) in [7, 11) is 0. The highest BCUT2D eigenvalue weighted by atomic mass is 16.5. The van der Waals surface area contributed by atoms with E-state index in [1.165, 1.54) is 16.7 Å². The number of aliphatic hydroxyl groups is 1. The average molecular weight is 300 g/mol. The molecule has 0 heterocycles. The van der Waals surface area contributed by atoms with E-state index in [9.17, 15) is 9.90 Å². The average Bonchev–Trinajstić information content (AvgIpc) is 2.72. The van der Waals surface area contributed by atoms with E-state index < -0.39 is 12.1 Å². The van der Waals surface area contributed by atoms with Crippen LogP contribution in [0.4, 0.5) is 0 Å². The van der Waals surface area contributed by atoms with Crippen molar-refractivity contribution in [3.05, 3.63) is 47.0 Å². The molecule has 118 valence electrons. The van der Waals surface area contributed by atoms with Crippen molar-refractivity contribution in [2.45, 2.75) is 46.1 Å². The van der Waals surface area contributed by atoms with Crippen LogP contribution in [-0.4, -0.2) is 23.8 Å². The molecule has 0 saturated heterocycles. The molecule has 3 heteroatoms. The lowest BCUT2D eigenvalue weighted by molar-refractivity contribution is -0.152. The Balaban J connectivity index is 2.39. The first kappa shape index (κ1) is 16.5. The Labute approximate surface area is 132 Å². The van der Waals surface area contributed by atoms with Crippen LogP contribution in [-0.2, 0) is 16.0 Å². The zero-order valence-corrected chi connectivity index (χ0v) is 13.7. The van der Waals surface area contributed by atoms with Gasteiger partial charge in [-0.05, 0) is 47.6 Å². The molecule has 0 amide bonds. The molecular formula is C19H24O3. The Morgan fingerprint density at radius 1 is 1.18 bits per heavy atom. The lowest BCUT2D eigenvalue weighted by Gasteiger charge is -2.11. The SMILES string of the molecule is CCOC(=O)C(O)Cc1ccc(C(C)C)cc2c(C)ccc1-2. The summed E-state index contributed by atoms with van der Waals surface area (Å²) in [5.41, 5.74) is 5.69. The van der Waals surface area contributed by atoms with E-state index >= 15 is 0 Å². The van der Waals surface area contributed by atoms with Crippen LogP contribution in [0.1, 0.15) is 43.4 Å².